The molecule has 0 bridgehead atoms. The molecule has 3 heteroatoms. The molecule has 0 spiro atoms. The topological polar surface area (TPSA) is 21.3 Å². The lowest BCUT2D eigenvalue weighted by atomic mass is 9.98. The van der Waals surface area contributed by atoms with Crippen LogP contribution in [-0.4, -0.2) is 14.9 Å². The van der Waals surface area contributed by atoms with Crippen LogP contribution in [0.1, 0.15) is 18.0 Å². The van der Waals surface area contributed by atoms with E-state index in [0.29, 0.717) is 6.04 Å². The minimum atomic E-state index is -1.45. The zero-order valence-electron chi connectivity index (χ0n) is 9.71. The summed E-state index contributed by atoms with van der Waals surface area (Å²) in [6.07, 6.45) is 1.26. The van der Waals surface area contributed by atoms with Gasteiger partial charge in [0.1, 0.15) is 5.75 Å². The second-order valence-corrected chi connectivity index (χ2v) is 9.51. The Morgan fingerprint density at radius 3 is 2.20 bits per heavy atom. The van der Waals surface area contributed by atoms with Crippen LogP contribution in [0, 0.1) is 0 Å². The van der Waals surface area contributed by atoms with Crippen LogP contribution >= 0.6 is 0 Å². The van der Waals surface area contributed by atoms with Gasteiger partial charge in [-0.25, -0.2) is 0 Å². The zero-order chi connectivity index (χ0) is 10.9. The van der Waals surface area contributed by atoms with Gasteiger partial charge >= 0.3 is 0 Å². The SMILES string of the molecule is C[Si](C)(C)Oc1ccc([C@H]2CCN2)cc1. The van der Waals surface area contributed by atoms with Crippen molar-refractivity contribution in [2.45, 2.75) is 32.1 Å². The lowest BCUT2D eigenvalue weighted by Crippen LogP contribution is -2.34. The maximum Gasteiger partial charge on any atom is 0.242 e. The molecule has 2 rings (SSSR count). The highest BCUT2D eigenvalue weighted by atomic mass is 28.4. The molecule has 2 nitrogen and oxygen atoms in total. The summed E-state index contributed by atoms with van der Waals surface area (Å²) in [6.45, 7) is 7.76. The highest BCUT2D eigenvalue weighted by Gasteiger charge is 2.19. The van der Waals surface area contributed by atoms with Gasteiger partial charge in [0, 0.05) is 6.04 Å². The molecule has 1 N–H and O–H groups in total. The average Bonchev–Trinajstić information content (AvgIpc) is 2.02. The Balaban J connectivity index is 2.03. The highest BCUT2D eigenvalue weighted by Crippen LogP contribution is 2.25. The minimum Gasteiger partial charge on any atom is -0.544 e. The first-order valence-corrected chi connectivity index (χ1v) is 8.98. The van der Waals surface area contributed by atoms with Crippen molar-refractivity contribution < 1.29 is 4.43 Å². The van der Waals surface area contributed by atoms with Crippen LogP contribution in [0.5, 0.6) is 5.75 Å². The first-order chi connectivity index (χ1) is 7.04. The molecule has 1 saturated heterocycles. The molecule has 1 aromatic rings. The molecule has 1 aliphatic heterocycles. The van der Waals surface area contributed by atoms with Crippen LogP contribution < -0.4 is 9.74 Å². The van der Waals surface area contributed by atoms with Gasteiger partial charge in [0.2, 0.25) is 8.32 Å². The molecule has 1 aromatic carbocycles. The lowest BCUT2D eigenvalue weighted by molar-refractivity contribution is 0.383. The van der Waals surface area contributed by atoms with Crippen molar-refractivity contribution in [1.82, 2.24) is 5.32 Å². The van der Waals surface area contributed by atoms with E-state index in [-0.39, 0.29) is 0 Å². The van der Waals surface area contributed by atoms with Crippen LogP contribution in [0.3, 0.4) is 0 Å². The van der Waals surface area contributed by atoms with Crippen LogP contribution in [0.15, 0.2) is 24.3 Å². The lowest BCUT2D eigenvalue weighted by Gasteiger charge is -2.28. The van der Waals surface area contributed by atoms with Gasteiger partial charge < -0.3 is 9.74 Å². The highest BCUT2D eigenvalue weighted by molar-refractivity contribution is 6.70. The summed E-state index contributed by atoms with van der Waals surface area (Å²) >= 11 is 0. The summed E-state index contributed by atoms with van der Waals surface area (Å²) in [5.74, 6) is 1.01. The Hall–Kier alpha value is -0.803. The second kappa shape index (κ2) is 3.98. The monoisotopic (exact) mass is 221 g/mol. The standard InChI is InChI=1S/C12H19NOSi/c1-15(2,3)14-11-6-4-10(5-7-11)12-8-9-13-12/h4-7,12-13H,8-9H2,1-3H3/t12-/m1/s1. The number of hydrogen-bond acceptors (Lipinski definition) is 2. The molecule has 0 aliphatic carbocycles. The second-order valence-electron chi connectivity index (χ2n) is 5.08. The van der Waals surface area contributed by atoms with E-state index in [4.69, 9.17) is 4.43 Å². The van der Waals surface area contributed by atoms with Gasteiger partial charge in [-0.1, -0.05) is 12.1 Å². The van der Waals surface area contributed by atoms with Crippen molar-refractivity contribution in [2.75, 3.05) is 6.54 Å². The molecular formula is C12H19NOSi. The van der Waals surface area contributed by atoms with Crippen molar-refractivity contribution in [3.63, 3.8) is 0 Å². The summed E-state index contributed by atoms with van der Waals surface area (Å²) in [5.41, 5.74) is 1.38. The van der Waals surface area contributed by atoms with Crippen LogP contribution in [0.4, 0.5) is 0 Å². The van der Waals surface area contributed by atoms with Crippen molar-refractivity contribution in [3.8, 4) is 5.75 Å². The molecule has 15 heavy (non-hydrogen) atoms. The third-order valence-electron chi connectivity index (χ3n) is 2.53. The predicted octanol–water partition coefficient (Wildman–Crippen LogP) is 2.93. The van der Waals surface area contributed by atoms with E-state index in [1.807, 2.05) is 0 Å². The van der Waals surface area contributed by atoms with Crippen LogP contribution in [0.2, 0.25) is 19.6 Å². The van der Waals surface area contributed by atoms with Crippen molar-refractivity contribution in [2.24, 2.45) is 0 Å². The normalized spacial score (nSPS) is 20.9. The van der Waals surface area contributed by atoms with E-state index in [1.54, 1.807) is 0 Å². The van der Waals surface area contributed by atoms with Crippen molar-refractivity contribution >= 4 is 8.32 Å². The fourth-order valence-electron chi connectivity index (χ4n) is 1.69. The number of benzene rings is 1. The molecule has 0 radical (unpaired) electrons. The van der Waals surface area contributed by atoms with Gasteiger partial charge in [0.05, 0.1) is 0 Å². The van der Waals surface area contributed by atoms with Gasteiger partial charge in [-0.15, -0.1) is 0 Å². The van der Waals surface area contributed by atoms with Crippen molar-refractivity contribution in [1.29, 1.82) is 0 Å². The Kier molecular flexibility index (Phi) is 2.84. The van der Waals surface area contributed by atoms with E-state index in [0.717, 1.165) is 12.3 Å². The van der Waals surface area contributed by atoms with E-state index in [2.05, 4.69) is 49.2 Å². The Labute approximate surface area is 92.8 Å². The average molecular weight is 221 g/mol. The van der Waals surface area contributed by atoms with Gasteiger partial charge in [-0.05, 0) is 50.3 Å². The Bertz CT molecular complexity index is 324. The summed E-state index contributed by atoms with van der Waals surface area (Å²) in [5, 5.41) is 3.40. The molecule has 1 atom stereocenters. The van der Waals surface area contributed by atoms with Crippen molar-refractivity contribution in [3.05, 3.63) is 29.8 Å². The molecule has 0 saturated carbocycles. The van der Waals surface area contributed by atoms with E-state index >= 15 is 0 Å². The molecule has 0 amide bonds. The zero-order valence-corrected chi connectivity index (χ0v) is 10.7. The van der Waals surface area contributed by atoms with Crippen LogP contribution in [0.25, 0.3) is 0 Å². The number of rotatable bonds is 3. The molecule has 1 fully saturated rings. The van der Waals surface area contributed by atoms with Gasteiger partial charge in [0.25, 0.3) is 0 Å². The quantitative estimate of drug-likeness (QED) is 0.792. The molecule has 82 valence electrons. The predicted molar refractivity (Wildman–Crippen MR) is 65.8 cm³/mol. The molecule has 1 aliphatic rings. The van der Waals surface area contributed by atoms with Gasteiger partial charge in [0.15, 0.2) is 0 Å². The third-order valence-corrected chi connectivity index (χ3v) is 3.38. The summed E-state index contributed by atoms with van der Waals surface area (Å²) in [6, 6.07) is 9.10. The Morgan fingerprint density at radius 2 is 1.80 bits per heavy atom. The van der Waals surface area contributed by atoms with Gasteiger partial charge in [-0.2, -0.15) is 0 Å². The molecule has 1 heterocycles. The molecular weight excluding hydrogens is 202 g/mol. The number of nitrogens with one attached hydrogen (secondary N) is 1. The fraction of sp³-hybridized carbons (Fsp3) is 0.500. The maximum absolute atomic E-state index is 5.91. The number of hydrogen-bond donors (Lipinski definition) is 1. The summed E-state index contributed by atoms with van der Waals surface area (Å²) < 4.78 is 5.91. The van der Waals surface area contributed by atoms with Crippen LogP contribution in [-0.2, 0) is 0 Å². The fourth-order valence-corrected chi connectivity index (χ4v) is 2.54. The van der Waals surface area contributed by atoms with Gasteiger partial charge in [-0.3, -0.25) is 0 Å². The summed E-state index contributed by atoms with van der Waals surface area (Å²) in [4.78, 5) is 0. The first-order valence-electron chi connectivity index (χ1n) is 5.57. The largest absolute Gasteiger partial charge is 0.544 e. The maximum atomic E-state index is 5.91. The van der Waals surface area contributed by atoms with E-state index in [1.165, 1.54) is 12.0 Å². The smallest absolute Gasteiger partial charge is 0.242 e. The Morgan fingerprint density at radius 1 is 1.20 bits per heavy atom. The van der Waals surface area contributed by atoms with E-state index < -0.39 is 8.32 Å². The molecule has 0 aromatic heterocycles. The van der Waals surface area contributed by atoms with E-state index in [9.17, 15) is 0 Å². The minimum absolute atomic E-state index is 0.575. The summed E-state index contributed by atoms with van der Waals surface area (Å²) in [7, 11) is -1.45. The first kappa shape index (κ1) is 10.7. The molecule has 0 unspecified atom stereocenters. The third kappa shape index (κ3) is 2.83.